The third-order valence-corrected chi connectivity index (χ3v) is 6.89. The predicted molar refractivity (Wildman–Crippen MR) is 124 cm³/mol. The molecule has 0 N–H and O–H groups in total. The topological polar surface area (TPSA) is 96.0 Å². The van der Waals surface area contributed by atoms with Crippen molar-refractivity contribution in [2.75, 3.05) is 26.5 Å². The van der Waals surface area contributed by atoms with Gasteiger partial charge in [-0.05, 0) is 23.8 Å². The van der Waals surface area contributed by atoms with Crippen LogP contribution in [0.1, 0.15) is 21.8 Å². The molecule has 0 spiro atoms. The molecule has 4 rings (SSSR count). The van der Waals surface area contributed by atoms with Crippen LogP contribution in [0, 0.1) is 0 Å². The molecule has 0 saturated carbocycles. The molecule has 0 bridgehead atoms. The highest BCUT2D eigenvalue weighted by Gasteiger charge is 2.18. The number of aromatic nitrogens is 2. The Morgan fingerprint density at radius 1 is 1.19 bits per heavy atom. The van der Waals surface area contributed by atoms with E-state index in [0.717, 1.165) is 22.2 Å². The molecule has 0 atom stereocenters. The number of benzene rings is 2. The maximum Gasteiger partial charge on any atom is 0.338 e. The van der Waals surface area contributed by atoms with E-state index in [0.29, 0.717) is 34.2 Å². The van der Waals surface area contributed by atoms with Crippen LogP contribution in [-0.2, 0) is 17.1 Å². The van der Waals surface area contributed by atoms with Gasteiger partial charge in [0.15, 0.2) is 6.61 Å². The number of hydrogen-bond acceptors (Lipinski definition) is 10. The molecule has 8 nitrogen and oxygen atoms in total. The maximum atomic E-state index is 12.7. The first-order valence-corrected chi connectivity index (χ1v) is 11.7. The normalized spacial score (nSPS) is 13.0. The van der Waals surface area contributed by atoms with E-state index in [4.69, 9.17) is 18.7 Å². The van der Waals surface area contributed by atoms with Crippen LogP contribution >= 0.6 is 23.5 Å². The summed E-state index contributed by atoms with van der Waals surface area (Å²) in [6, 6.07) is 12.7. The summed E-state index contributed by atoms with van der Waals surface area (Å²) in [5.74, 6) is 2.95. The molecule has 0 saturated heterocycles. The Balaban J connectivity index is 1.41. The Morgan fingerprint density at radius 3 is 2.84 bits per heavy atom. The molecular formula is C22H21N3O5S2. The molecule has 0 fully saturated rings. The van der Waals surface area contributed by atoms with Crippen molar-refractivity contribution in [1.82, 2.24) is 10.1 Å². The van der Waals surface area contributed by atoms with E-state index in [1.807, 2.05) is 18.2 Å². The van der Waals surface area contributed by atoms with Crippen molar-refractivity contribution >= 4 is 33.9 Å². The zero-order valence-electron chi connectivity index (χ0n) is 17.6. The van der Waals surface area contributed by atoms with Crippen molar-refractivity contribution < 1.29 is 23.5 Å². The number of esters is 1. The van der Waals surface area contributed by atoms with E-state index in [1.165, 1.54) is 0 Å². The minimum atomic E-state index is -0.441. The van der Waals surface area contributed by atoms with Crippen LogP contribution in [0.5, 0.6) is 11.5 Å². The van der Waals surface area contributed by atoms with Crippen molar-refractivity contribution in [3.63, 3.8) is 0 Å². The van der Waals surface area contributed by atoms with Gasteiger partial charge in [-0.1, -0.05) is 46.9 Å². The SMILES string of the molecule is COc1ccc(-c2noc(COC(=O)c3ccccc3CSC3=NCCS3)n2)c(OC)c1. The summed E-state index contributed by atoms with van der Waals surface area (Å²) in [5.41, 5.74) is 2.05. The summed E-state index contributed by atoms with van der Waals surface area (Å²) >= 11 is 3.38. The van der Waals surface area contributed by atoms with E-state index < -0.39 is 5.97 Å². The average molecular weight is 472 g/mol. The van der Waals surface area contributed by atoms with Crippen molar-refractivity contribution in [2.45, 2.75) is 12.4 Å². The summed E-state index contributed by atoms with van der Waals surface area (Å²) in [6.45, 7) is 0.722. The van der Waals surface area contributed by atoms with Crippen LogP contribution in [0.15, 0.2) is 52.0 Å². The monoisotopic (exact) mass is 471 g/mol. The maximum absolute atomic E-state index is 12.7. The van der Waals surface area contributed by atoms with Gasteiger partial charge in [-0.15, -0.1) is 0 Å². The van der Waals surface area contributed by atoms with Crippen LogP contribution in [0.25, 0.3) is 11.4 Å². The van der Waals surface area contributed by atoms with Crippen molar-refractivity contribution in [1.29, 1.82) is 0 Å². The van der Waals surface area contributed by atoms with Crippen LogP contribution in [0.2, 0.25) is 0 Å². The minimum absolute atomic E-state index is 0.131. The smallest absolute Gasteiger partial charge is 0.338 e. The number of hydrogen-bond donors (Lipinski definition) is 0. The lowest BCUT2D eigenvalue weighted by molar-refractivity contribution is 0.0429. The van der Waals surface area contributed by atoms with Crippen molar-refractivity contribution in [3.8, 4) is 22.9 Å². The molecule has 10 heteroatoms. The lowest BCUT2D eigenvalue weighted by Gasteiger charge is -2.08. The number of ether oxygens (including phenoxy) is 3. The van der Waals surface area contributed by atoms with Crippen molar-refractivity contribution in [2.24, 2.45) is 4.99 Å². The number of rotatable bonds is 8. The van der Waals surface area contributed by atoms with Gasteiger partial charge >= 0.3 is 5.97 Å². The highest BCUT2D eigenvalue weighted by Crippen LogP contribution is 2.31. The molecule has 2 aromatic carbocycles. The van der Waals surface area contributed by atoms with Gasteiger partial charge in [0.25, 0.3) is 5.89 Å². The lowest BCUT2D eigenvalue weighted by atomic mass is 10.1. The number of nitrogens with zero attached hydrogens (tertiary/aromatic N) is 3. The summed E-state index contributed by atoms with van der Waals surface area (Å²) in [4.78, 5) is 21.4. The van der Waals surface area contributed by atoms with E-state index in [1.54, 1.807) is 62.0 Å². The van der Waals surface area contributed by atoms with Crippen LogP contribution in [0.4, 0.5) is 0 Å². The predicted octanol–water partition coefficient (Wildman–Crippen LogP) is 4.45. The third kappa shape index (κ3) is 5.25. The molecule has 1 aliphatic heterocycles. The van der Waals surface area contributed by atoms with E-state index in [9.17, 15) is 4.79 Å². The summed E-state index contributed by atoms with van der Waals surface area (Å²) in [7, 11) is 3.13. The Bertz CT molecular complexity index is 1130. The number of carbonyl (C=O) groups excluding carboxylic acids is 1. The molecule has 1 aliphatic rings. The summed E-state index contributed by atoms with van der Waals surface area (Å²) < 4.78 is 22.3. The minimum Gasteiger partial charge on any atom is -0.497 e. The quantitative estimate of drug-likeness (QED) is 0.442. The Hall–Kier alpha value is -2.98. The van der Waals surface area contributed by atoms with E-state index >= 15 is 0 Å². The average Bonchev–Trinajstić information content (AvgIpc) is 3.53. The Labute approximate surface area is 193 Å². The van der Waals surface area contributed by atoms with Gasteiger partial charge in [-0.25, -0.2) is 4.79 Å². The molecular weight excluding hydrogens is 450 g/mol. The number of aliphatic imine (C=N–C) groups is 1. The van der Waals surface area contributed by atoms with Crippen molar-refractivity contribution in [3.05, 3.63) is 59.5 Å². The fraction of sp³-hybridized carbons (Fsp3) is 0.273. The summed E-state index contributed by atoms with van der Waals surface area (Å²) in [5, 5.41) is 3.98. The van der Waals surface area contributed by atoms with Crippen LogP contribution in [0.3, 0.4) is 0 Å². The molecule has 32 heavy (non-hydrogen) atoms. The first-order valence-electron chi connectivity index (χ1n) is 9.78. The van der Waals surface area contributed by atoms with E-state index in [2.05, 4.69) is 15.1 Å². The second kappa shape index (κ2) is 10.6. The van der Waals surface area contributed by atoms with Gasteiger partial charge < -0.3 is 18.7 Å². The highest BCUT2D eigenvalue weighted by molar-refractivity contribution is 8.38. The van der Waals surface area contributed by atoms with Gasteiger partial charge in [0.05, 0.1) is 31.9 Å². The first-order chi connectivity index (χ1) is 15.7. The van der Waals surface area contributed by atoms with Gasteiger partial charge in [0.2, 0.25) is 5.82 Å². The van der Waals surface area contributed by atoms with Gasteiger partial charge in [0, 0.05) is 17.6 Å². The standard InChI is InChI=1S/C22H21N3O5S2/c1-27-15-7-8-17(18(11-15)28-2)20-24-19(30-25-20)12-29-21(26)16-6-4-3-5-14(16)13-32-22-23-9-10-31-22/h3-8,11H,9-10,12-13H2,1-2H3. The zero-order chi connectivity index (χ0) is 22.3. The fourth-order valence-corrected chi connectivity index (χ4v) is 5.01. The van der Waals surface area contributed by atoms with Crippen LogP contribution in [-0.4, -0.2) is 47.0 Å². The number of carbonyl (C=O) groups is 1. The van der Waals surface area contributed by atoms with Gasteiger partial charge in [-0.3, -0.25) is 4.99 Å². The zero-order valence-corrected chi connectivity index (χ0v) is 19.2. The number of thioether (sulfide) groups is 2. The Morgan fingerprint density at radius 2 is 2.06 bits per heavy atom. The molecule has 0 amide bonds. The first kappa shape index (κ1) is 22.2. The molecule has 166 valence electrons. The molecule has 1 aromatic heterocycles. The molecule has 0 unspecified atom stereocenters. The Kier molecular flexibility index (Phi) is 7.33. The third-order valence-electron chi connectivity index (χ3n) is 4.59. The second-order valence-electron chi connectivity index (χ2n) is 6.60. The molecule has 0 radical (unpaired) electrons. The summed E-state index contributed by atoms with van der Waals surface area (Å²) in [6.07, 6.45) is 0. The second-order valence-corrected chi connectivity index (χ2v) is 8.90. The number of methoxy groups -OCH3 is 2. The van der Waals surface area contributed by atoms with Gasteiger partial charge in [-0.2, -0.15) is 4.98 Å². The van der Waals surface area contributed by atoms with Gasteiger partial charge in [0.1, 0.15) is 15.9 Å². The highest BCUT2D eigenvalue weighted by atomic mass is 32.2. The fourth-order valence-electron chi connectivity index (χ4n) is 3.00. The lowest BCUT2D eigenvalue weighted by Crippen LogP contribution is -2.08. The largest absolute Gasteiger partial charge is 0.497 e. The van der Waals surface area contributed by atoms with Crippen LogP contribution < -0.4 is 9.47 Å². The molecule has 2 heterocycles. The molecule has 3 aromatic rings. The molecule has 0 aliphatic carbocycles. The van der Waals surface area contributed by atoms with E-state index in [-0.39, 0.29) is 12.5 Å².